The molecule has 0 aliphatic carbocycles. The summed E-state index contributed by atoms with van der Waals surface area (Å²) in [6, 6.07) is 0. The summed E-state index contributed by atoms with van der Waals surface area (Å²) in [5.41, 5.74) is 0. The summed E-state index contributed by atoms with van der Waals surface area (Å²) >= 11 is 0. The first-order valence-corrected chi connectivity index (χ1v) is 3.39. The predicted molar refractivity (Wildman–Crippen MR) is 41.2 cm³/mol. The Morgan fingerprint density at radius 2 is 2.00 bits per heavy atom. The molecule has 1 aliphatic heterocycles. The summed E-state index contributed by atoms with van der Waals surface area (Å²) < 4.78 is 5.12. The second-order valence-electron chi connectivity index (χ2n) is 1.96. The van der Waals surface area contributed by atoms with E-state index in [1.165, 1.54) is 0 Å². The molecule has 1 saturated heterocycles. The second kappa shape index (κ2) is 6.58. The summed E-state index contributed by atoms with van der Waals surface area (Å²) in [5, 5.41) is 1.95. The van der Waals surface area contributed by atoms with Crippen LogP contribution in [0.5, 0.6) is 0 Å². The average Bonchev–Trinajstić information content (AvgIpc) is 1.91. The van der Waals surface area contributed by atoms with E-state index < -0.39 is 0 Å². The molecule has 0 N–H and O–H groups in total. The minimum absolute atomic E-state index is 0. The third-order valence-electron chi connectivity index (χ3n) is 1.28. The third-order valence-corrected chi connectivity index (χ3v) is 1.28. The zero-order valence-corrected chi connectivity index (χ0v) is 5.80. The number of morpholine rings is 1. The van der Waals surface area contributed by atoms with E-state index in [1.54, 1.807) is 0 Å². The number of hydrogen-bond acceptors (Lipinski definition) is 3. The zero-order valence-electron chi connectivity index (χ0n) is 5.80. The van der Waals surface area contributed by atoms with Crippen LogP contribution in [0, 0.1) is 0 Å². The first-order valence-electron chi connectivity index (χ1n) is 3.39. The first kappa shape index (κ1) is 10.9. The first-order chi connectivity index (χ1) is 4.43. The van der Waals surface area contributed by atoms with E-state index >= 15 is 0 Å². The van der Waals surface area contributed by atoms with Gasteiger partial charge in [-0.05, 0) is 6.92 Å². The van der Waals surface area contributed by atoms with E-state index in [9.17, 15) is 0 Å². The van der Waals surface area contributed by atoms with Crippen LogP contribution in [0.2, 0.25) is 0 Å². The van der Waals surface area contributed by atoms with Gasteiger partial charge in [0.05, 0.1) is 19.8 Å². The molecular weight excluding hydrogens is 141 g/mol. The summed E-state index contributed by atoms with van der Waals surface area (Å²) in [6.45, 7) is 6.19. The van der Waals surface area contributed by atoms with E-state index in [0.717, 1.165) is 32.9 Å². The number of hydrogen-bond donors (Lipinski definition) is 0. The molecule has 1 rings (SSSR count). The molecular formula is C6H14NNaO2. The van der Waals surface area contributed by atoms with E-state index in [-0.39, 0.29) is 29.6 Å². The number of ether oxygens (including phenoxy) is 1. The molecule has 56 valence electrons. The number of rotatable bonds is 2. The van der Waals surface area contributed by atoms with E-state index in [4.69, 9.17) is 9.57 Å². The van der Waals surface area contributed by atoms with Crippen molar-refractivity contribution in [3.8, 4) is 0 Å². The standard InChI is InChI=1S/C6H13NO2.Na.H/c1-2-9-7-3-5-8-6-4-7;;/h2-6H2,1H3;;. The Kier molecular flexibility index (Phi) is 7.16. The Morgan fingerprint density at radius 1 is 1.40 bits per heavy atom. The molecule has 1 aliphatic rings. The molecule has 1 fully saturated rings. The van der Waals surface area contributed by atoms with Crippen LogP contribution < -0.4 is 0 Å². The van der Waals surface area contributed by atoms with E-state index in [0.29, 0.717) is 0 Å². The van der Waals surface area contributed by atoms with Gasteiger partial charge in [0, 0.05) is 13.1 Å². The Morgan fingerprint density at radius 3 is 2.50 bits per heavy atom. The van der Waals surface area contributed by atoms with Gasteiger partial charge < -0.3 is 4.74 Å². The second-order valence-corrected chi connectivity index (χ2v) is 1.96. The van der Waals surface area contributed by atoms with Crippen molar-refractivity contribution in [1.29, 1.82) is 0 Å². The van der Waals surface area contributed by atoms with Gasteiger partial charge in [0.15, 0.2) is 0 Å². The zero-order chi connectivity index (χ0) is 6.53. The van der Waals surface area contributed by atoms with Crippen molar-refractivity contribution in [3.05, 3.63) is 0 Å². The fraction of sp³-hybridized carbons (Fsp3) is 1.00. The van der Waals surface area contributed by atoms with Crippen molar-refractivity contribution >= 4 is 29.6 Å². The monoisotopic (exact) mass is 155 g/mol. The fourth-order valence-corrected chi connectivity index (χ4v) is 0.858. The molecule has 0 saturated carbocycles. The van der Waals surface area contributed by atoms with Crippen LogP contribution in [0.3, 0.4) is 0 Å². The molecule has 0 aromatic rings. The van der Waals surface area contributed by atoms with Gasteiger partial charge in [-0.3, -0.25) is 4.84 Å². The van der Waals surface area contributed by atoms with Crippen LogP contribution in [0.15, 0.2) is 0 Å². The van der Waals surface area contributed by atoms with E-state index in [1.807, 2.05) is 12.0 Å². The van der Waals surface area contributed by atoms with Crippen molar-refractivity contribution in [1.82, 2.24) is 5.06 Å². The van der Waals surface area contributed by atoms with Crippen LogP contribution in [0.25, 0.3) is 0 Å². The molecule has 0 atom stereocenters. The molecule has 1 heterocycles. The fourth-order valence-electron chi connectivity index (χ4n) is 0.858. The molecule has 3 nitrogen and oxygen atoms in total. The van der Waals surface area contributed by atoms with Crippen molar-refractivity contribution < 1.29 is 9.57 Å². The molecule has 0 bridgehead atoms. The van der Waals surface area contributed by atoms with Crippen molar-refractivity contribution in [2.24, 2.45) is 0 Å². The molecule has 10 heavy (non-hydrogen) atoms. The third kappa shape index (κ3) is 3.91. The maximum absolute atomic E-state index is 5.24. The molecule has 0 unspecified atom stereocenters. The van der Waals surface area contributed by atoms with Crippen LogP contribution in [0.4, 0.5) is 0 Å². The minimum atomic E-state index is 0. The SMILES string of the molecule is CCON1CCOCC1.[NaH]. The molecule has 0 radical (unpaired) electrons. The topological polar surface area (TPSA) is 21.7 Å². The molecule has 0 aromatic heterocycles. The average molecular weight is 155 g/mol. The van der Waals surface area contributed by atoms with Crippen molar-refractivity contribution in [2.75, 3.05) is 32.9 Å². The summed E-state index contributed by atoms with van der Waals surface area (Å²) in [5.74, 6) is 0. The number of nitrogens with zero attached hydrogens (tertiary/aromatic N) is 1. The van der Waals surface area contributed by atoms with Crippen LogP contribution in [0.1, 0.15) is 6.92 Å². The Hall–Kier alpha value is 0.880. The summed E-state index contributed by atoms with van der Waals surface area (Å²) in [7, 11) is 0. The van der Waals surface area contributed by atoms with E-state index in [2.05, 4.69) is 0 Å². The van der Waals surface area contributed by atoms with Gasteiger partial charge in [-0.1, -0.05) is 0 Å². The molecule has 0 aromatic carbocycles. The summed E-state index contributed by atoms with van der Waals surface area (Å²) in [6.07, 6.45) is 0. The van der Waals surface area contributed by atoms with Gasteiger partial charge >= 0.3 is 29.6 Å². The maximum atomic E-state index is 5.24. The van der Waals surface area contributed by atoms with Crippen molar-refractivity contribution in [2.45, 2.75) is 6.92 Å². The Balaban J connectivity index is 0.000000810. The van der Waals surface area contributed by atoms with Crippen LogP contribution in [-0.4, -0.2) is 67.5 Å². The Labute approximate surface area is 83.9 Å². The normalized spacial score (nSPS) is 20.1. The van der Waals surface area contributed by atoms with Gasteiger partial charge in [-0.2, -0.15) is 5.06 Å². The Bertz CT molecular complexity index is 73.4. The molecule has 0 spiro atoms. The summed E-state index contributed by atoms with van der Waals surface area (Å²) in [4.78, 5) is 5.24. The van der Waals surface area contributed by atoms with Crippen LogP contribution in [-0.2, 0) is 9.57 Å². The van der Waals surface area contributed by atoms with Gasteiger partial charge in [-0.25, -0.2) is 0 Å². The van der Waals surface area contributed by atoms with Crippen LogP contribution >= 0.6 is 0 Å². The van der Waals surface area contributed by atoms with Gasteiger partial charge in [0.25, 0.3) is 0 Å². The van der Waals surface area contributed by atoms with Gasteiger partial charge in [0.1, 0.15) is 0 Å². The van der Waals surface area contributed by atoms with Crippen molar-refractivity contribution in [3.63, 3.8) is 0 Å². The molecule has 0 amide bonds. The van der Waals surface area contributed by atoms with Gasteiger partial charge in [-0.15, -0.1) is 0 Å². The number of hydroxylamine groups is 2. The van der Waals surface area contributed by atoms with Gasteiger partial charge in [0.2, 0.25) is 0 Å². The molecule has 4 heteroatoms. The predicted octanol–water partition coefficient (Wildman–Crippen LogP) is -0.378. The quantitative estimate of drug-likeness (QED) is 0.507.